The van der Waals surface area contributed by atoms with Crippen molar-refractivity contribution in [1.29, 1.82) is 0 Å². The lowest BCUT2D eigenvalue weighted by Crippen LogP contribution is -2.33. The van der Waals surface area contributed by atoms with Gasteiger partial charge in [-0.05, 0) is 41.8 Å². The minimum absolute atomic E-state index is 0.0642. The Bertz CT molecular complexity index is 937. The zero-order chi connectivity index (χ0) is 18.4. The molecular weight excluding hydrogens is 332 g/mol. The van der Waals surface area contributed by atoms with E-state index >= 15 is 0 Å². The fourth-order valence-corrected chi connectivity index (χ4v) is 3.76. The number of para-hydroxylation sites is 1. The average molecular weight is 350 g/mol. The lowest BCUT2D eigenvalue weighted by atomic mass is 9.98. The van der Waals surface area contributed by atoms with Crippen molar-refractivity contribution < 1.29 is 19.5 Å². The molecule has 2 aliphatic rings. The van der Waals surface area contributed by atoms with Crippen LogP contribution in [0.15, 0.2) is 42.5 Å². The maximum Gasteiger partial charge on any atom is 0.312 e. The molecule has 2 aromatic carbocycles. The van der Waals surface area contributed by atoms with Gasteiger partial charge in [0.1, 0.15) is 5.92 Å². The number of nitrogens with zero attached hydrogens (tertiary/aromatic N) is 2. The minimum Gasteiger partial charge on any atom is -0.481 e. The Morgan fingerprint density at radius 1 is 1.08 bits per heavy atom. The van der Waals surface area contributed by atoms with Crippen LogP contribution in [0, 0.1) is 0 Å². The van der Waals surface area contributed by atoms with Gasteiger partial charge in [-0.2, -0.15) is 0 Å². The number of aryl methyl sites for hydroxylation is 1. The highest BCUT2D eigenvalue weighted by Gasteiger charge is 2.36. The Morgan fingerprint density at radius 3 is 2.62 bits per heavy atom. The van der Waals surface area contributed by atoms with Gasteiger partial charge in [0.15, 0.2) is 0 Å². The lowest BCUT2D eigenvalue weighted by Gasteiger charge is -2.26. The number of fused-ring (bicyclic) bond motifs is 2. The van der Waals surface area contributed by atoms with Crippen molar-refractivity contribution in [3.8, 4) is 0 Å². The summed E-state index contributed by atoms with van der Waals surface area (Å²) in [5, 5.41) is 9.47. The Labute approximate surface area is 150 Å². The Balaban J connectivity index is 1.69. The maximum absolute atomic E-state index is 13.1. The molecule has 4 rings (SSSR count). The molecule has 2 aromatic rings. The van der Waals surface area contributed by atoms with E-state index in [1.165, 1.54) is 4.90 Å². The van der Waals surface area contributed by atoms with Crippen LogP contribution in [-0.2, 0) is 16.0 Å². The first-order valence-corrected chi connectivity index (χ1v) is 8.50. The van der Waals surface area contributed by atoms with Crippen LogP contribution in [0.3, 0.4) is 0 Å². The first-order chi connectivity index (χ1) is 12.5. The standard InChI is InChI=1S/C20H18N2O4/c1-21-16-8-6-13(10-12(16)7-9-18(21)23)19(24)22-11-15(20(25)26)14-4-2-3-5-17(14)22/h2-6,8,10,15H,7,9,11H2,1H3,(H,25,26). The van der Waals surface area contributed by atoms with Gasteiger partial charge in [0, 0.05) is 37.0 Å². The predicted octanol–water partition coefficient (Wildman–Crippen LogP) is 2.42. The Morgan fingerprint density at radius 2 is 1.85 bits per heavy atom. The van der Waals surface area contributed by atoms with Crippen LogP contribution < -0.4 is 9.80 Å². The van der Waals surface area contributed by atoms with E-state index in [0.29, 0.717) is 29.7 Å². The van der Waals surface area contributed by atoms with Crippen LogP contribution in [-0.4, -0.2) is 36.5 Å². The third kappa shape index (κ3) is 2.45. The quantitative estimate of drug-likeness (QED) is 0.902. The van der Waals surface area contributed by atoms with Gasteiger partial charge in [0.25, 0.3) is 5.91 Å². The first kappa shape index (κ1) is 16.3. The first-order valence-electron chi connectivity index (χ1n) is 8.50. The number of aliphatic carboxylic acids is 1. The third-order valence-corrected chi connectivity index (χ3v) is 5.18. The summed E-state index contributed by atoms with van der Waals surface area (Å²) in [5.41, 5.74) is 3.60. The van der Waals surface area contributed by atoms with Crippen LogP contribution in [0.1, 0.15) is 33.8 Å². The molecule has 0 saturated carbocycles. The van der Waals surface area contributed by atoms with E-state index in [2.05, 4.69) is 0 Å². The zero-order valence-corrected chi connectivity index (χ0v) is 14.3. The summed E-state index contributed by atoms with van der Waals surface area (Å²) in [6.45, 7) is 0.128. The van der Waals surface area contributed by atoms with Crippen LogP contribution in [0.4, 0.5) is 11.4 Å². The molecule has 26 heavy (non-hydrogen) atoms. The molecule has 0 fully saturated rings. The molecule has 0 radical (unpaired) electrons. The highest BCUT2D eigenvalue weighted by molar-refractivity contribution is 6.09. The Hall–Kier alpha value is -3.15. The van der Waals surface area contributed by atoms with Crippen molar-refractivity contribution >= 4 is 29.2 Å². The van der Waals surface area contributed by atoms with Gasteiger partial charge in [-0.15, -0.1) is 0 Å². The van der Waals surface area contributed by atoms with Gasteiger partial charge < -0.3 is 14.9 Å². The molecule has 1 N–H and O–H groups in total. The molecule has 2 amide bonds. The van der Waals surface area contributed by atoms with E-state index in [9.17, 15) is 19.5 Å². The highest BCUT2D eigenvalue weighted by Crippen LogP contribution is 2.37. The van der Waals surface area contributed by atoms with E-state index < -0.39 is 11.9 Å². The second kappa shape index (κ2) is 5.98. The topological polar surface area (TPSA) is 77.9 Å². The molecule has 0 saturated heterocycles. The number of hydrogen-bond donors (Lipinski definition) is 1. The van der Waals surface area contributed by atoms with Gasteiger partial charge in [0.05, 0.1) is 0 Å². The molecule has 1 unspecified atom stereocenters. The van der Waals surface area contributed by atoms with E-state index in [-0.39, 0.29) is 18.4 Å². The summed E-state index contributed by atoms with van der Waals surface area (Å²) >= 11 is 0. The lowest BCUT2D eigenvalue weighted by molar-refractivity contribution is -0.138. The van der Waals surface area contributed by atoms with Gasteiger partial charge >= 0.3 is 5.97 Å². The summed E-state index contributed by atoms with van der Waals surface area (Å²) in [6, 6.07) is 12.4. The summed E-state index contributed by atoms with van der Waals surface area (Å²) in [7, 11) is 1.73. The van der Waals surface area contributed by atoms with Gasteiger partial charge in [-0.3, -0.25) is 14.4 Å². The predicted molar refractivity (Wildman–Crippen MR) is 96.7 cm³/mol. The molecule has 132 valence electrons. The van der Waals surface area contributed by atoms with Crippen molar-refractivity contribution in [2.75, 3.05) is 23.4 Å². The number of carbonyl (C=O) groups excluding carboxylic acids is 2. The van der Waals surface area contributed by atoms with E-state index in [1.807, 2.05) is 6.07 Å². The Kier molecular flexibility index (Phi) is 3.76. The largest absolute Gasteiger partial charge is 0.481 e. The van der Waals surface area contributed by atoms with Gasteiger partial charge in [-0.1, -0.05) is 18.2 Å². The number of anilines is 2. The fourth-order valence-electron chi connectivity index (χ4n) is 3.76. The smallest absolute Gasteiger partial charge is 0.312 e. The summed E-state index contributed by atoms with van der Waals surface area (Å²) in [4.78, 5) is 39.6. The number of rotatable bonds is 2. The minimum atomic E-state index is -0.932. The van der Waals surface area contributed by atoms with Crippen molar-refractivity contribution in [1.82, 2.24) is 0 Å². The summed E-state index contributed by atoms with van der Waals surface area (Å²) in [5.74, 6) is -1.80. The number of carbonyl (C=O) groups is 3. The molecule has 0 spiro atoms. The maximum atomic E-state index is 13.1. The van der Waals surface area contributed by atoms with Crippen molar-refractivity contribution in [2.45, 2.75) is 18.8 Å². The van der Waals surface area contributed by atoms with E-state index in [0.717, 1.165) is 11.3 Å². The monoisotopic (exact) mass is 350 g/mol. The number of amides is 2. The van der Waals surface area contributed by atoms with Crippen molar-refractivity contribution in [2.24, 2.45) is 0 Å². The summed E-state index contributed by atoms with van der Waals surface area (Å²) in [6.07, 6.45) is 1.03. The molecule has 0 aromatic heterocycles. The SMILES string of the molecule is CN1C(=O)CCc2cc(C(=O)N3CC(C(=O)O)c4ccccc43)ccc21. The van der Waals surface area contributed by atoms with Crippen molar-refractivity contribution in [3.05, 3.63) is 59.2 Å². The third-order valence-electron chi connectivity index (χ3n) is 5.18. The van der Waals surface area contributed by atoms with Crippen LogP contribution in [0.2, 0.25) is 0 Å². The van der Waals surface area contributed by atoms with Crippen LogP contribution in [0.5, 0.6) is 0 Å². The second-order valence-corrected chi connectivity index (χ2v) is 6.66. The number of hydrogen-bond acceptors (Lipinski definition) is 3. The van der Waals surface area contributed by atoms with E-state index in [1.54, 1.807) is 48.3 Å². The molecule has 6 heteroatoms. The van der Waals surface area contributed by atoms with Crippen molar-refractivity contribution in [3.63, 3.8) is 0 Å². The van der Waals surface area contributed by atoms with Gasteiger partial charge in [0.2, 0.25) is 5.91 Å². The van der Waals surface area contributed by atoms with Gasteiger partial charge in [-0.25, -0.2) is 0 Å². The second-order valence-electron chi connectivity index (χ2n) is 6.66. The molecule has 0 aliphatic carbocycles. The molecule has 2 heterocycles. The average Bonchev–Trinajstić information content (AvgIpc) is 3.04. The normalized spacial score (nSPS) is 18.5. The zero-order valence-electron chi connectivity index (χ0n) is 14.3. The molecule has 0 bridgehead atoms. The summed E-state index contributed by atoms with van der Waals surface area (Å²) < 4.78 is 0. The number of carboxylic acids is 1. The highest BCUT2D eigenvalue weighted by atomic mass is 16.4. The number of carboxylic acid groups (broad SMARTS) is 1. The number of benzene rings is 2. The molecule has 2 aliphatic heterocycles. The molecule has 6 nitrogen and oxygen atoms in total. The molecule has 1 atom stereocenters. The van der Waals surface area contributed by atoms with Crippen LogP contribution >= 0.6 is 0 Å². The van der Waals surface area contributed by atoms with Crippen LogP contribution in [0.25, 0.3) is 0 Å². The molecular formula is C20H18N2O4. The fraction of sp³-hybridized carbons (Fsp3) is 0.250. The van der Waals surface area contributed by atoms with E-state index in [4.69, 9.17) is 0 Å².